The Morgan fingerprint density at radius 3 is 2.30 bits per heavy atom. The van der Waals surface area contributed by atoms with Crippen molar-refractivity contribution in [2.45, 2.75) is 52.4 Å². The first-order chi connectivity index (χ1) is 9.20. The maximum atomic E-state index is 11.8. The molecule has 1 rings (SSSR count). The van der Waals surface area contributed by atoms with Crippen LogP contribution in [-0.4, -0.2) is 32.8 Å². The Bertz CT molecular complexity index is 429. The molecule has 0 radical (unpaired) electrons. The summed E-state index contributed by atoms with van der Waals surface area (Å²) < 4.78 is 5.20. The zero-order valence-corrected chi connectivity index (χ0v) is 12.6. The van der Waals surface area contributed by atoms with Crippen molar-refractivity contribution < 1.29 is 14.6 Å². The van der Waals surface area contributed by atoms with E-state index in [9.17, 15) is 9.90 Å². The van der Waals surface area contributed by atoms with Gasteiger partial charge in [-0.05, 0) is 32.8 Å². The molecule has 6 heteroatoms. The molecule has 1 aromatic rings. The Hall–Kier alpha value is -1.69. The van der Waals surface area contributed by atoms with Crippen LogP contribution >= 0.6 is 0 Å². The molecule has 0 bridgehead atoms. The van der Waals surface area contributed by atoms with Gasteiger partial charge in [0, 0.05) is 12.4 Å². The highest BCUT2D eigenvalue weighted by molar-refractivity contribution is 5.68. The summed E-state index contributed by atoms with van der Waals surface area (Å²) in [5.41, 5.74) is -0.584. The lowest BCUT2D eigenvalue weighted by Crippen LogP contribution is -2.45. The average Bonchev–Trinajstić information content (AvgIpc) is 2.34. The standard InChI is InChI=1S/C14H23N3O3/c1-9(2)10(17-13(19)20-14(3,4)5)11(18)12-15-7-6-8-16-12/h6-11,18H,1-5H3,(H,17,19). The van der Waals surface area contributed by atoms with E-state index in [-0.39, 0.29) is 11.7 Å². The topological polar surface area (TPSA) is 84.3 Å². The van der Waals surface area contributed by atoms with Crippen LogP contribution in [0.15, 0.2) is 18.5 Å². The van der Waals surface area contributed by atoms with Crippen LogP contribution in [0.2, 0.25) is 0 Å². The van der Waals surface area contributed by atoms with Crippen LogP contribution < -0.4 is 5.32 Å². The first-order valence-electron chi connectivity index (χ1n) is 6.65. The van der Waals surface area contributed by atoms with E-state index in [2.05, 4.69) is 15.3 Å². The maximum absolute atomic E-state index is 11.8. The molecule has 0 aliphatic carbocycles. The monoisotopic (exact) mass is 281 g/mol. The first kappa shape index (κ1) is 16.4. The highest BCUT2D eigenvalue weighted by Crippen LogP contribution is 2.19. The van der Waals surface area contributed by atoms with Crippen LogP contribution in [0.1, 0.15) is 46.5 Å². The number of aliphatic hydroxyl groups is 1. The van der Waals surface area contributed by atoms with Gasteiger partial charge in [-0.25, -0.2) is 14.8 Å². The summed E-state index contributed by atoms with van der Waals surface area (Å²) >= 11 is 0. The summed E-state index contributed by atoms with van der Waals surface area (Å²) in [7, 11) is 0. The fraction of sp³-hybridized carbons (Fsp3) is 0.643. The largest absolute Gasteiger partial charge is 0.444 e. The third-order valence-electron chi connectivity index (χ3n) is 2.59. The minimum atomic E-state index is -0.983. The number of carbonyl (C=O) groups is 1. The van der Waals surface area contributed by atoms with Crippen LogP contribution in [0.3, 0.4) is 0 Å². The molecule has 0 spiro atoms. The lowest BCUT2D eigenvalue weighted by atomic mass is 9.98. The van der Waals surface area contributed by atoms with Crippen molar-refractivity contribution in [3.05, 3.63) is 24.3 Å². The highest BCUT2D eigenvalue weighted by atomic mass is 16.6. The third kappa shape index (κ3) is 5.13. The molecule has 112 valence electrons. The van der Waals surface area contributed by atoms with Gasteiger partial charge < -0.3 is 15.2 Å². The number of nitrogens with one attached hydrogen (secondary N) is 1. The molecule has 0 saturated heterocycles. The lowest BCUT2D eigenvalue weighted by molar-refractivity contribution is 0.0361. The predicted octanol–water partition coefficient (Wildman–Crippen LogP) is 2.06. The van der Waals surface area contributed by atoms with Crippen molar-refractivity contribution in [1.29, 1.82) is 0 Å². The number of hydrogen-bond acceptors (Lipinski definition) is 5. The predicted molar refractivity (Wildman–Crippen MR) is 75.0 cm³/mol. The van der Waals surface area contributed by atoms with Gasteiger partial charge in [0.2, 0.25) is 0 Å². The average molecular weight is 281 g/mol. The van der Waals surface area contributed by atoms with Crippen molar-refractivity contribution in [2.24, 2.45) is 5.92 Å². The molecular weight excluding hydrogens is 258 g/mol. The number of hydrogen-bond donors (Lipinski definition) is 2. The normalized spacial score (nSPS) is 14.8. The molecule has 0 fully saturated rings. The van der Waals surface area contributed by atoms with Crippen LogP contribution in [0.5, 0.6) is 0 Å². The Morgan fingerprint density at radius 2 is 1.85 bits per heavy atom. The van der Waals surface area contributed by atoms with Crippen molar-refractivity contribution in [1.82, 2.24) is 15.3 Å². The first-order valence-corrected chi connectivity index (χ1v) is 6.65. The number of carbonyl (C=O) groups excluding carboxylic acids is 1. The fourth-order valence-corrected chi connectivity index (χ4v) is 1.68. The third-order valence-corrected chi connectivity index (χ3v) is 2.59. The van der Waals surface area contributed by atoms with Crippen LogP contribution in [0.25, 0.3) is 0 Å². The van der Waals surface area contributed by atoms with Crippen molar-refractivity contribution in [2.75, 3.05) is 0 Å². The zero-order valence-electron chi connectivity index (χ0n) is 12.6. The lowest BCUT2D eigenvalue weighted by Gasteiger charge is -2.28. The smallest absolute Gasteiger partial charge is 0.407 e. The Morgan fingerprint density at radius 1 is 1.30 bits per heavy atom. The molecule has 20 heavy (non-hydrogen) atoms. The van der Waals surface area contributed by atoms with Crippen molar-refractivity contribution in [3.8, 4) is 0 Å². The van der Waals surface area contributed by atoms with Gasteiger partial charge in [0.15, 0.2) is 5.82 Å². The molecule has 6 nitrogen and oxygen atoms in total. The molecule has 0 saturated carbocycles. The summed E-state index contributed by atoms with van der Waals surface area (Å²) in [5, 5.41) is 13.0. The van der Waals surface area contributed by atoms with E-state index in [1.807, 2.05) is 13.8 Å². The summed E-state index contributed by atoms with van der Waals surface area (Å²) in [6, 6.07) is 1.15. The minimum absolute atomic E-state index is 0.00123. The molecule has 0 aliphatic rings. The molecule has 1 aromatic heterocycles. The molecule has 0 aliphatic heterocycles. The number of ether oxygens (including phenoxy) is 1. The van der Waals surface area contributed by atoms with Gasteiger partial charge in [-0.1, -0.05) is 13.8 Å². The minimum Gasteiger partial charge on any atom is -0.444 e. The van der Waals surface area contributed by atoms with Gasteiger partial charge in [-0.3, -0.25) is 0 Å². The van der Waals surface area contributed by atoms with Gasteiger partial charge in [0.05, 0.1) is 6.04 Å². The quantitative estimate of drug-likeness (QED) is 0.882. The summed E-state index contributed by atoms with van der Waals surface area (Å²) in [6.45, 7) is 9.15. The SMILES string of the molecule is CC(C)C(NC(=O)OC(C)(C)C)C(O)c1ncccn1. The van der Waals surface area contributed by atoms with Crippen molar-refractivity contribution >= 4 is 6.09 Å². The number of nitrogens with zero attached hydrogens (tertiary/aromatic N) is 2. The van der Waals surface area contributed by atoms with Gasteiger partial charge in [-0.2, -0.15) is 0 Å². The maximum Gasteiger partial charge on any atom is 0.407 e. The van der Waals surface area contributed by atoms with Gasteiger partial charge in [0.1, 0.15) is 11.7 Å². The van der Waals surface area contributed by atoms with E-state index < -0.39 is 23.8 Å². The number of rotatable bonds is 4. The molecule has 1 heterocycles. The zero-order chi connectivity index (χ0) is 15.3. The number of alkyl carbamates (subject to hydrolysis) is 1. The number of amides is 1. The van der Waals surface area contributed by atoms with Gasteiger partial charge in [0.25, 0.3) is 0 Å². The Balaban J connectivity index is 2.77. The number of aliphatic hydroxyl groups excluding tert-OH is 1. The van der Waals surface area contributed by atoms with Crippen LogP contribution in [0.4, 0.5) is 4.79 Å². The molecule has 0 aromatic carbocycles. The van der Waals surface area contributed by atoms with E-state index in [0.29, 0.717) is 0 Å². The van der Waals surface area contributed by atoms with E-state index in [1.54, 1.807) is 39.2 Å². The van der Waals surface area contributed by atoms with Gasteiger partial charge in [-0.15, -0.1) is 0 Å². The highest BCUT2D eigenvalue weighted by Gasteiger charge is 2.29. The molecule has 2 N–H and O–H groups in total. The van der Waals surface area contributed by atoms with Crippen LogP contribution in [-0.2, 0) is 4.74 Å². The fourth-order valence-electron chi connectivity index (χ4n) is 1.68. The van der Waals surface area contributed by atoms with Crippen LogP contribution in [0, 0.1) is 5.92 Å². The van der Waals surface area contributed by atoms with E-state index in [0.717, 1.165) is 0 Å². The molecule has 2 unspecified atom stereocenters. The summed E-state index contributed by atoms with van der Waals surface area (Å²) in [6.07, 6.45) is 1.56. The Labute approximate surface area is 119 Å². The number of aromatic nitrogens is 2. The second-order valence-corrected chi connectivity index (χ2v) is 5.97. The van der Waals surface area contributed by atoms with E-state index in [4.69, 9.17) is 4.74 Å². The summed E-state index contributed by atoms with van der Waals surface area (Å²) in [5.74, 6) is 0.281. The van der Waals surface area contributed by atoms with Gasteiger partial charge >= 0.3 is 6.09 Å². The molecule has 1 amide bonds. The summed E-state index contributed by atoms with van der Waals surface area (Å²) in [4.78, 5) is 19.8. The molecular formula is C14H23N3O3. The van der Waals surface area contributed by atoms with E-state index in [1.165, 1.54) is 0 Å². The Kier molecular flexibility index (Phi) is 5.44. The molecule has 2 atom stereocenters. The second kappa shape index (κ2) is 6.65. The second-order valence-electron chi connectivity index (χ2n) is 5.97. The van der Waals surface area contributed by atoms with E-state index >= 15 is 0 Å². The van der Waals surface area contributed by atoms with Crippen molar-refractivity contribution in [3.63, 3.8) is 0 Å².